The van der Waals surface area contributed by atoms with Crippen molar-refractivity contribution in [1.29, 1.82) is 0 Å². The molecule has 1 unspecified atom stereocenters. The summed E-state index contributed by atoms with van der Waals surface area (Å²) in [6.45, 7) is 9.10. The second kappa shape index (κ2) is 11.0. The molecule has 1 amide bonds. The van der Waals surface area contributed by atoms with Crippen LogP contribution in [0, 0.1) is 0 Å². The van der Waals surface area contributed by atoms with Crippen molar-refractivity contribution in [2.45, 2.75) is 33.3 Å². The summed E-state index contributed by atoms with van der Waals surface area (Å²) in [6, 6.07) is 19.8. The number of ether oxygens (including phenoxy) is 2. The van der Waals surface area contributed by atoms with Crippen LogP contribution in [0.1, 0.15) is 26.3 Å². The van der Waals surface area contributed by atoms with Gasteiger partial charge in [0.2, 0.25) is 0 Å². The van der Waals surface area contributed by atoms with E-state index in [9.17, 15) is 4.79 Å². The molecule has 1 aromatic heterocycles. The van der Waals surface area contributed by atoms with Gasteiger partial charge in [0.15, 0.2) is 11.9 Å². The van der Waals surface area contributed by atoms with Crippen molar-refractivity contribution in [1.82, 2.24) is 15.1 Å². The van der Waals surface area contributed by atoms with Gasteiger partial charge in [0, 0.05) is 37.8 Å². The van der Waals surface area contributed by atoms with Crippen LogP contribution in [-0.2, 0) is 11.2 Å². The van der Waals surface area contributed by atoms with Crippen LogP contribution in [0.25, 0.3) is 11.3 Å². The highest BCUT2D eigenvalue weighted by Gasteiger charge is 2.26. The van der Waals surface area contributed by atoms with Crippen LogP contribution in [0.5, 0.6) is 11.5 Å². The smallest absolute Gasteiger partial charge is 0.263 e. The lowest BCUT2D eigenvalue weighted by atomic mass is 10.1. The maximum absolute atomic E-state index is 12.9. The quantitative estimate of drug-likeness (QED) is 0.501. The third-order valence-electron chi connectivity index (χ3n) is 6.00. The maximum atomic E-state index is 12.9. The van der Waals surface area contributed by atoms with E-state index < -0.39 is 6.10 Å². The van der Waals surface area contributed by atoms with Crippen LogP contribution >= 0.6 is 0 Å². The number of hydrogen-bond donors (Lipinski definition) is 0. The van der Waals surface area contributed by atoms with Crippen LogP contribution in [0.4, 0.5) is 5.82 Å². The molecule has 1 saturated heterocycles. The lowest BCUT2D eigenvalue weighted by molar-refractivity contribution is -0.138. The zero-order valence-electron chi connectivity index (χ0n) is 20.1. The number of anilines is 1. The predicted octanol–water partition coefficient (Wildman–Crippen LogP) is 4.22. The highest BCUT2D eigenvalue weighted by atomic mass is 16.5. The molecule has 0 bridgehead atoms. The summed E-state index contributed by atoms with van der Waals surface area (Å²) in [7, 11) is 0. The molecule has 7 nitrogen and oxygen atoms in total. The van der Waals surface area contributed by atoms with Crippen LogP contribution in [0.15, 0.2) is 60.7 Å². The van der Waals surface area contributed by atoms with Gasteiger partial charge in [0.05, 0.1) is 12.3 Å². The SMILES string of the molecule is CCOc1cccc(OC(C)C(=O)N2CCN(c3ccc(-c4ccc(CC)cc4)nn3)CC2)c1. The van der Waals surface area contributed by atoms with E-state index in [0.29, 0.717) is 38.5 Å². The Kier molecular flexibility index (Phi) is 7.62. The first kappa shape index (κ1) is 23.5. The molecule has 2 aromatic carbocycles. The van der Waals surface area contributed by atoms with Crippen molar-refractivity contribution in [2.24, 2.45) is 0 Å². The average Bonchev–Trinajstić information content (AvgIpc) is 2.89. The van der Waals surface area contributed by atoms with E-state index in [1.807, 2.05) is 48.2 Å². The number of nitrogens with zero attached hydrogens (tertiary/aromatic N) is 4. The third kappa shape index (κ3) is 5.65. The molecule has 7 heteroatoms. The van der Waals surface area contributed by atoms with E-state index in [4.69, 9.17) is 9.47 Å². The van der Waals surface area contributed by atoms with Gasteiger partial charge in [0.1, 0.15) is 11.5 Å². The van der Waals surface area contributed by atoms with Crippen molar-refractivity contribution < 1.29 is 14.3 Å². The molecular weight excluding hydrogens is 428 g/mol. The summed E-state index contributed by atoms with van der Waals surface area (Å²) in [5, 5.41) is 8.87. The molecule has 0 radical (unpaired) electrons. The fourth-order valence-electron chi connectivity index (χ4n) is 4.03. The standard InChI is InChI=1S/C27H32N4O3/c1-4-21-9-11-22(12-10-21)25-13-14-26(29-28-25)30-15-17-31(18-16-30)27(32)20(3)34-24-8-6-7-23(19-24)33-5-2/h6-14,19-20H,4-5,15-18H2,1-3H3. The van der Waals surface area contributed by atoms with Crippen LogP contribution in [0.2, 0.25) is 0 Å². The summed E-state index contributed by atoms with van der Waals surface area (Å²) in [6.07, 6.45) is 0.451. The van der Waals surface area contributed by atoms with Crippen molar-refractivity contribution in [2.75, 3.05) is 37.7 Å². The minimum atomic E-state index is -0.568. The zero-order chi connectivity index (χ0) is 23.9. The highest BCUT2D eigenvalue weighted by molar-refractivity contribution is 5.81. The second-order valence-electron chi connectivity index (χ2n) is 8.31. The van der Waals surface area contributed by atoms with Crippen molar-refractivity contribution in [3.63, 3.8) is 0 Å². The molecule has 1 aliphatic heterocycles. The van der Waals surface area contributed by atoms with E-state index in [-0.39, 0.29) is 5.91 Å². The molecule has 3 aromatic rings. The minimum absolute atomic E-state index is 0.0154. The van der Waals surface area contributed by atoms with Gasteiger partial charge in [-0.25, -0.2) is 0 Å². The third-order valence-corrected chi connectivity index (χ3v) is 6.00. The number of hydrogen-bond acceptors (Lipinski definition) is 6. The Bertz CT molecular complexity index is 1080. The number of carbonyl (C=O) groups is 1. The number of aryl methyl sites for hydroxylation is 1. The van der Waals surface area contributed by atoms with Crippen molar-refractivity contribution in [3.05, 3.63) is 66.2 Å². The molecule has 0 spiro atoms. The van der Waals surface area contributed by atoms with E-state index in [2.05, 4.69) is 46.3 Å². The van der Waals surface area contributed by atoms with Crippen LogP contribution < -0.4 is 14.4 Å². The Balaban J connectivity index is 1.30. The Morgan fingerprint density at radius 1 is 0.941 bits per heavy atom. The number of piperazine rings is 1. The molecule has 0 saturated carbocycles. The molecule has 0 aliphatic carbocycles. The van der Waals surface area contributed by atoms with E-state index in [0.717, 1.165) is 29.2 Å². The van der Waals surface area contributed by atoms with Crippen LogP contribution in [0.3, 0.4) is 0 Å². The van der Waals surface area contributed by atoms with Gasteiger partial charge < -0.3 is 19.3 Å². The summed E-state index contributed by atoms with van der Waals surface area (Å²) < 4.78 is 11.4. The Morgan fingerprint density at radius 3 is 2.32 bits per heavy atom. The van der Waals surface area contributed by atoms with Crippen molar-refractivity contribution in [3.8, 4) is 22.8 Å². The maximum Gasteiger partial charge on any atom is 0.263 e. The van der Waals surface area contributed by atoms with Gasteiger partial charge in [-0.05, 0) is 50.1 Å². The first-order chi connectivity index (χ1) is 16.6. The fourth-order valence-corrected chi connectivity index (χ4v) is 4.03. The highest BCUT2D eigenvalue weighted by Crippen LogP contribution is 2.22. The lowest BCUT2D eigenvalue weighted by Crippen LogP contribution is -2.52. The molecule has 1 atom stereocenters. The van der Waals surface area contributed by atoms with Gasteiger partial charge in [-0.1, -0.05) is 37.3 Å². The largest absolute Gasteiger partial charge is 0.494 e. The summed E-state index contributed by atoms with van der Waals surface area (Å²) in [5.74, 6) is 2.18. The van der Waals surface area contributed by atoms with Crippen LogP contribution in [-0.4, -0.2) is 59.9 Å². The summed E-state index contributed by atoms with van der Waals surface area (Å²) in [5.41, 5.74) is 3.23. The van der Waals surface area contributed by atoms with E-state index >= 15 is 0 Å². The first-order valence-electron chi connectivity index (χ1n) is 11.9. The average molecular weight is 461 g/mol. The van der Waals surface area contributed by atoms with Gasteiger partial charge in [0.25, 0.3) is 5.91 Å². The molecule has 1 aliphatic rings. The minimum Gasteiger partial charge on any atom is -0.494 e. The molecule has 4 rings (SSSR count). The number of rotatable bonds is 8. The number of benzene rings is 2. The molecule has 34 heavy (non-hydrogen) atoms. The van der Waals surface area contributed by atoms with Gasteiger partial charge in [-0.2, -0.15) is 0 Å². The summed E-state index contributed by atoms with van der Waals surface area (Å²) >= 11 is 0. The van der Waals surface area contributed by atoms with Crippen molar-refractivity contribution >= 4 is 11.7 Å². The number of carbonyl (C=O) groups excluding carboxylic acids is 1. The molecular formula is C27H32N4O3. The Morgan fingerprint density at radius 2 is 1.68 bits per heavy atom. The molecule has 2 heterocycles. The van der Waals surface area contributed by atoms with Gasteiger partial charge in [-0.15, -0.1) is 10.2 Å². The molecule has 1 fully saturated rings. The number of aromatic nitrogens is 2. The lowest BCUT2D eigenvalue weighted by Gasteiger charge is -2.36. The number of amides is 1. The Labute approximate surface area is 201 Å². The summed E-state index contributed by atoms with van der Waals surface area (Å²) in [4.78, 5) is 16.9. The zero-order valence-corrected chi connectivity index (χ0v) is 20.1. The van der Waals surface area contributed by atoms with Gasteiger partial charge >= 0.3 is 0 Å². The predicted molar refractivity (Wildman–Crippen MR) is 133 cm³/mol. The monoisotopic (exact) mass is 460 g/mol. The topological polar surface area (TPSA) is 67.8 Å². The fraction of sp³-hybridized carbons (Fsp3) is 0.370. The van der Waals surface area contributed by atoms with E-state index in [1.165, 1.54) is 5.56 Å². The molecule has 0 N–H and O–H groups in total. The normalized spacial score (nSPS) is 14.6. The van der Waals surface area contributed by atoms with Gasteiger partial charge in [-0.3, -0.25) is 4.79 Å². The van der Waals surface area contributed by atoms with E-state index in [1.54, 1.807) is 6.92 Å². The Hall–Kier alpha value is -3.61. The second-order valence-corrected chi connectivity index (χ2v) is 8.31. The molecule has 178 valence electrons. The first-order valence-corrected chi connectivity index (χ1v) is 11.9.